The van der Waals surface area contributed by atoms with Gasteiger partial charge in [0.15, 0.2) is 11.5 Å². The first kappa shape index (κ1) is 13.2. The summed E-state index contributed by atoms with van der Waals surface area (Å²) in [5.74, 6) is 0.797. The van der Waals surface area contributed by atoms with Crippen LogP contribution < -0.4 is 10.5 Å². The molecular weight excluding hydrogens is 226 g/mol. The van der Waals surface area contributed by atoms with Crippen LogP contribution in [0.5, 0.6) is 11.5 Å². The van der Waals surface area contributed by atoms with Crippen LogP contribution in [0.25, 0.3) is 0 Å². The van der Waals surface area contributed by atoms with E-state index in [0.717, 1.165) is 42.4 Å². The Kier molecular flexibility index (Phi) is 3.53. The summed E-state index contributed by atoms with van der Waals surface area (Å²) in [4.78, 5) is 0. The number of hydrogen-bond acceptors (Lipinski definition) is 3. The average molecular weight is 249 g/mol. The molecule has 0 amide bonds. The molecular formula is C15H23NO2. The van der Waals surface area contributed by atoms with Crippen LogP contribution in [0, 0.1) is 13.8 Å². The van der Waals surface area contributed by atoms with Gasteiger partial charge < -0.3 is 15.6 Å². The zero-order chi connectivity index (χ0) is 13.3. The van der Waals surface area contributed by atoms with Crippen molar-refractivity contribution in [1.82, 2.24) is 0 Å². The molecule has 3 nitrogen and oxygen atoms in total. The van der Waals surface area contributed by atoms with Gasteiger partial charge in [0.05, 0.1) is 7.11 Å². The summed E-state index contributed by atoms with van der Waals surface area (Å²) in [6, 6.07) is 2.08. The molecule has 0 bridgehead atoms. The third kappa shape index (κ3) is 2.07. The van der Waals surface area contributed by atoms with Crippen LogP contribution in [-0.2, 0) is 5.54 Å². The molecule has 0 unspecified atom stereocenters. The van der Waals surface area contributed by atoms with E-state index in [9.17, 15) is 5.11 Å². The Morgan fingerprint density at radius 3 is 2.39 bits per heavy atom. The number of aryl methyl sites for hydroxylation is 1. The predicted octanol–water partition coefficient (Wildman–Crippen LogP) is 3.14. The zero-order valence-electron chi connectivity index (χ0n) is 11.5. The van der Waals surface area contributed by atoms with E-state index < -0.39 is 0 Å². The summed E-state index contributed by atoms with van der Waals surface area (Å²) in [5.41, 5.74) is 9.11. The Labute approximate surface area is 109 Å². The van der Waals surface area contributed by atoms with E-state index in [0.29, 0.717) is 5.75 Å². The lowest BCUT2D eigenvalue weighted by Crippen LogP contribution is -2.39. The highest BCUT2D eigenvalue weighted by atomic mass is 16.5. The lowest BCUT2D eigenvalue weighted by atomic mass is 9.76. The average Bonchev–Trinajstić information content (AvgIpc) is 2.36. The molecule has 18 heavy (non-hydrogen) atoms. The van der Waals surface area contributed by atoms with Gasteiger partial charge in [0.1, 0.15) is 0 Å². The van der Waals surface area contributed by atoms with Crippen molar-refractivity contribution in [3.63, 3.8) is 0 Å². The normalized spacial score (nSPS) is 18.7. The molecule has 100 valence electrons. The van der Waals surface area contributed by atoms with Gasteiger partial charge in [-0.25, -0.2) is 0 Å². The second-order valence-corrected chi connectivity index (χ2v) is 5.46. The molecule has 0 spiro atoms. The number of benzene rings is 1. The Balaban J connectivity index is 2.55. The van der Waals surface area contributed by atoms with Crippen molar-refractivity contribution < 1.29 is 9.84 Å². The summed E-state index contributed by atoms with van der Waals surface area (Å²) in [7, 11) is 1.60. The summed E-state index contributed by atoms with van der Waals surface area (Å²) < 4.78 is 5.40. The SMILES string of the molecule is COc1c(C2(N)CCCCC2)cc(C)c(C)c1O. The molecule has 2 rings (SSSR count). The molecule has 1 aromatic rings. The highest BCUT2D eigenvalue weighted by Crippen LogP contribution is 2.44. The molecule has 0 radical (unpaired) electrons. The number of phenolic OH excluding ortho intramolecular Hbond substituents is 1. The highest BCUT2D eigenvalue weighted by molar-refractivity contribution is 5.56. The van der Waals surface area contributed by atoms with E-state index in [1.165, 1.54) is 6.42 Å². The smallest absolute Gasteiger partial charge is 0.165 e. The van der Waals surface area contributed by atoms with Gasteiger partial charge in [0.2, 0.25) is 0 Å². The minimum absolute atomic E-state index is 0.239. The summed E-state index contributed by atoms with van der Waals surface area (Å²) in [5, 5.41) is 10.2. The first-order chi connectivity index (χ1) is 8.49. The maximum Gasteiger partial charge on any atom is 0.165 e. The van der Waals surface area contributed by atoms with Gasteiger partial charge in [0, 0.05) is 11.1 Å². The number of aromatic hydroxyl groups is 1. The zero-order valence-corrected chi connectivity index (χ0v) is 11.5. The van der Waals surface area contributed by atoms with Gasteiger partial charge in [0.25, 0.3) is 0 Å². The van der Waals surface area contributed by atoms with Crippen LogP contribution in [0.15, 0.2) is 6.07 Å². The van der Waals surface area contributed by atoms with E-state index in [1.54, 1.807) is 7.11 Å². The molecule has 3 N–H and O–H groups in total. The van der Waals surface area contributed by atoms with Gasteiger partial charge in [-0.3, -0.25) is 0 Å². The van der Waals surface area contributed by atoms with Crippen molar-refractivity contribution in [2.45, 2.75) is 51.5 Å². The fourth-order valence-corrected chi connectivity index (χ4v) is 2.90. The number of hydrogen-bond donors (Lipinski definition) is 2. The molecule has 1 aliphatic rings. The third-order valence-electron chi connectivity index (χ3n) is 4.25. The quantitative estimate of drug-likeness (QED) is 0.846. The van der Waals surface area contributed by atoms with Crippen molar-refractivity contribution >= 4 is 0 Å². The Bertz CT molecular complexity index is 448. The molecule has 1 fully saturated rings. The molecule has 0 heterocycles. The minimum atomic E-state index is -0.348. The summed E-state index contributed by atoms with van der Waals surface area (Å²) >= 11 is 0. The second-order valence-electron chi connectivity index (χ2n) is 5.46. The number of phenols is 1. The van der Waals surface area contributed by atoms with Crippen LogP contribution in [0.4, 0.5) is 0 Å². The standard InChI is InChI=1S/C15H23NO2/c1-10-9-12(14(18-3)13(17)11(10)2)15(16)7-5-4-6-8-15/h9,17H,4-8,16H2,1-3H3. The minimum Gasteiger partial charge on any atom is -0.504 e. The monoisotopic (exact) mass is 249 g/mol. The number of nitrogens with two attached hydrogens (primary N) is 1. The molecule has 1 aromatic carbocycles. The summed E-state index contributed by atoms with van der Waals surface area (Å²) in [6.45, 7) is 3.91. The van der Waals surface area contributed by atoms with Crippen molar-refractivity contribution in [2.75, 3.05) is 7.11 Å². The first-order valence-electron chi connectivity index (χ1n) is 6.66. The van der Waals surface area contributed by atoms with Crippen LogP contribution in [-0.4, -0.2) is 12.2 Å². The van der Waals surface area contributed by atoms with Crippen LogP contribution >= 0.6 is 0 Å². The van der Waals surface area contributed by atoms with E-state index in [4.69, 9.17) is 10.5 Å². The molecule has 0 aromatic heterocycles. The predicted molar refractivity (Wildman–Crippen MR) is 73.1 cm³/mol. The number of ether oxygens (including phenoxy) is 1. The lowest BCUT2D eigenvalue weighted by molar-refractivity contribution is 0.283. The van der Waals surface area contributed by atoms with Crippen molar-refractivity contribution in [2.24, 2.45) is 5.73 Å². The van der Waals surface area contributed by atoms with E-state index in [-0.39, 0.29) is 11.3 Å². The van der Waals surface area contributed by atoms with Gasteiger partial charge in [-0.15, -0.1) is 0 Å². The van der Waals surface area contributed by atoms with Gasteiger partial charge in [-0.2, -0.15) is 0 Å². The molecule has 0 saturated heterocycles. The van der Waals surface area contributed by atoms with Crippen molar-refractivity contribution in [1.29, 1.82) is 0 Å². The molecule has 0 atom stereocenters. The van der Waals surface area contributed by atoms with Crippen LogP contribution in [0.3, 0.4) is 0 Å². The topological polar surface area (TPSA) is 55.5 Å². The maximum atomic E-state index is 10.2. The molecule has 0 aliphatic heterocycles. The van der Waals surface area contributed by atoms with Crippen LogP contribution in [0.1, 0.15) is 48.8 Å². The third-order valence-corrected chi connectivity index (χ3v) is 4.25. The van der Waals surface area contributed by atoms with Gasteiger partial charge >= 0.3 is 0 Å². The Morgan fingerprint density at radius 2 is 1.83 bits per heavy atom. The second kappa shape index (κ2) is 4.81. The Hall–Kier alpha value is -1.22. The van der Waals surface area contributed by atoms with Crippen molar-refractivity contribution in [3.8, 4) is 11.5 Å². The Morgan fingerprint density at radius 1 is 1.22 bits per heavy atom. The molecule has 3 heteroatoms. The molecule has 1 aliphatic carbocycles. The van der Waals surface area contributed by atoms with E-state index in [1.807, 2.05) is 13.8 Å². The van der Waals surface area contributed by atoms with E-state index >= 15 is 0 Å². The highest BCUT2D eigenvalue weighted by Gasteiger charge is 2.33. The fourth-order valence-electron chi connectivity index (χ4n) is 2.90. The maximum absolute atomic E-state index is 10.2. The number of rotatable bonds is 2. The fraction of sp³-hybridized carbons (Fsp3) is 0.600. The van der Waals surface area contributed by atoms with Crippen molar-refractivity contribution in [3.05, 3.63) is 22.8 Å². The number of methoxy groups -OCH3 is 1. The lowest BCUT2D eigenvalue weighted by Gasteiger charge is -2.35. The van der Waals surface area contributed by atoms with Gasteiger partial charge in [-0.05, 0) is 43.9 Å². The van der Waals surface area contributed by atoms with E-state index in [2.05, 4.69) is 6.07 Å². The van der Waals surface area contributed by atoms with Gasteiger partial charge in [-0.1, -0.05) is 19.3 Å². The van der Waals surface area contributed by atoms with Crippen LogP contribution in [0.2, 0.25) is 0 Å². The molecule has 1 saturated carbocycles. The first-order valence-corrected chi connectivity index (χ1v) is 6.66. The largest absolute Gasteiger partial charge is 0.504 e. The summed E-state index contributed by atoms with van der Waals surface area (Å²) in [6.07, 6.45) is 5.47.